The number of carboxylic acids is 1. The Morgan fingerprint density at radius 3 is 2.56 bits per heavy atom. The van der Waals surface area contributed by atoms with Gasteiger partial charge in [-0.15, -0.1) is 11.3 Å². The maximum absolute atomic E-state index is 11.1. The highest BCUT2D eigenvalue weighted by Crippen LogP contribution is 2.38. The zero-order valence-corrected chi connectivity index (χ0v) is 12.4. The molecule has 0 radical (unpaired) electrons. The van der Waals surface area contributed by atoms with Gasteiger partial charge in [0.15, 0.2) is 0 Å². The van der Waals surface area contributed by atoms with Crippen LogP contribution in [0.25, 0.3) is 10.4 Å². The lowest BCUT2D eigenvalue weighted by Gasteiger charge is -2.03. The summed E-state index contributed by atoms with van der Waals surface area (Å²) >= 11 is 4.67. The minimum absolute atomic E-state index is 0.211. The Morgan fingerprint density at radius 2 is 2.06 bits per heavy atom. The van der Waals surface area contributed by atoms with Gasteiger partial charge in [-0.2, -0.15) is 0 Å². The van der Waals surface area contributed by atoms with E-state index in [1.165, 1.54) is 11.3 Å². The summed E-state index contributed by atoms with van der Waals surface area (Å²) in [5.41, 5.74) is 9.13. The van der Waals surface area contributed by atoms with E-state index in [0.29, 0.717) is 5.69 Å². The maximum atomic E-state index is 11.1. The number of nitrogen functional groups attached to an aromatic ring is 1. The molecule has 18 heavy (non-hydrogen) atoms. The Kier molecular flexibility index (Phi) is 3.45. The largest absolute Gasteiger partial charge is 0.477 e. The molecule has 0 spiro atoms. The second-order valence-electron chi connectivity index (χ2n) is 4.07. The van der Waals surface area contributed by atoms with E-state index in [2.05, 4.69) is 15.9 Å². The van der Waals surface area contributed by atoms with Crippen molar-refractivity contribution < 1.29 is 9.90 Å². The predicted molar refractivity (Wildman–Crippen MR) is 78.3 cm³/mol. The molecular formula is C13H12BrNO2S. The van der Waals surface area contributed by atoms with Crippen molar-refractivity contribution in [3.8, 4) is 10.4 Å². The van der Waals surface area contributed by atoms with Gasteiger partial charge in [-0.3, -0.25) is 0 Å². The molecule has 1 aromatic heterocycles. The molecule has 0 aliphatic heterocycles. The fourth-order valence-electron chi connectivity index (χ4n) is 1.75. The Hall–Kier alpha value is -1.33. The highest BCUT2D eigenvalue weighted by atomic mass is 79.9. The van der Waals surface area contributed by atoms with E-state index >= 15 is 0 Å². The van der Waals surface area contributed by atoms with Gasteiger partial charge in [-0.05, 0) is 42.7 Å². The smallest absolute Gasteiger partial charge is 0.348 e. The van der Waals surface area contributed by atoms with Crippen molar-refractivity contribution in [1.82, 2.24) is 0 Å². The van der Waals surface area contributed by atoms with Crippen LogP contribution in [0.15, 0.2) is 22.7 Å². The SMILES string of the molecule is Cc1cc(-c2sc(C(=O)O)c(N)c2C)ccc1Br. The van der Waals surface area contributed by atoms with E-state index < -0.39 is 5.97 Å². The molecule has 0 aliphatic rings. The number of aromatic carboxylic acids is 1. The number of nitrogens with two attached hydrogens (primary N) is 1. The first kappa shape index (κ1) is 13.1. The fraction of sp³-hybridized carbons (Fsp3) is 0.154. The number of hydrogen-bond donors (Lipinski definition) is 2. The number of halogens is 1. The molecule has 3 N–H and O–H groups in total. The predicted octanol–water partition coefficient (Wildman–Crippen LogP) is 4.07. The van der Waals surface area contributed by atoms with Gasteiger partial charge in [0.2, 0.25) is 0 Å². The van der Waals surface area contributed by atoms with E-state index in [1.54, 1.807) is 0 Å². The van der Waals surface area contributed by atoms with Crippen LogP contribution in [0.3, 0.4) is 0 Å². The van der Waals surface area contributed by atoms with E-state index in [1.807, 2.05) is 32.0 Å². The van der Waals surface area contributed by atoms with Crippen molar-refractivity contribution >= 4 is 38.9 Å². The molecular weight excluding hydrogens is 314 g/mol. The van der Waals surface area contributed by atoms with E-state index in [-0.39, 0.29) is 4.88 Å². The Balaban J connectivity index is 2.61. The Labute approximate surface area is 117 Å². The van der Waals surface area contributed by atoms with E-state index in [4.69, 9.17) is 10.8 Å². The summed E-state index contributed by atoms with van der Waals surface area (Å²) in [6.07, 6.45) is 0. The second kappa shape index (κ2) is 4.74. The molecule has 0 bridgehead atoms. The number of carbonyl (C=O) groups is 1. The molecule has 3 nitrogen and oxygen atoms in total. The summed E-state index contributed by atoms with van der Waals surface area (Å²) in [4.78, 5) is 12.2. The molecule has 0 saturated heterocycles. The number of benzene rings is 1. The third kappa shape index (κ3) is 2.15. The third-order valence-corrected chi connectivity index (χ3v) is 5.04. The molecule has 0 amide bonds. The van der Waals surface area contributed by atoms with Gasteiger partial charge in [0.25, 0.3) is 0 Å². The highest BCUT2D eigenvalue weighted by Gasteiger charge is 2.18. The standard InChI is InChI=1S/C13H12BrNO2S/c1-6-5-8(3-4-9(6)14)11-7(2)10(15)12(18-11)13(16)17/h3-5H,15H2,1-2H3,(H,16,17). The maximum Gasteiger partial charge on any atom is 0.348 e. The van der Waals surface area contributed by atoms with Crippen LogP contribution in [0.5, 0.6) is 0 Å². The van der Waals surface area contributed by atoms with Crippen LogP contribution in [-0.2, 0) is 0 Å². The van der Waals surface area contributed by atoms with E-state index in [0.717, 1.165) is 26.0 Å². The van der Waals surface area contributed by atoms with Crippen molar-refractivity contribution in [3.05, 3.63) is 38.7 Å². The molecule has 2 aromatic rings. The molecule has 0 aliphatic carbocycles. The molecule has 0 fully saturated rings. The lowest BCUT2D eigenvalue weighted by molar-refractivity contribution is 0.0703. The van der Waals surface area contributed by atoms with Crippen molar-refractivity contribution in [3.63, 3.8) is 0 Å². The van der Waals surface area contributed by atoms with Crippen molar-refractivity contribution in [2.45, 2.75) is 13.8 Å². The molecule has 0 saturated carbocycles. The lowest BCUT2D eigenvalue weighted by atomic mass is 10.1. The molecule has 0 unspecified atom stereocenters. The summed E-state index contributed by atoms with van der Waals surface area (Å²) in [6.45, 7) is 3.85. The van der Waals surface area contributed by atoms with Gasteiger partial charge in [0.05, 0.1) is 5.69 Å². The Bertz CT molecular complexity index is 634. The van der Waals surface area contributed by atoms with Crippen LogP contribution in [0.2, 0.25) is 0 Å². The van der Waals surface area contributed by atoms with Gasteiger partial charge in [0.1, 0.15) is 4.88 Å². The van der Waals surface area contributed by atoms with Crippen LogP contribution in [0.4, 0.5) is 5.69 Å². The molecule has 1 aromatic carbocycles. The second-order valence-corrected chi connectivity index (χ2v) is 5.94. The number of carboxylic acid groups (broad SMARTS) is 1. The van der Waals surface area contributed by atoms with Crippen molar-refractivity contribution in [2.24, 2.45) is 0 Å². The first-order chi connectivity index (χ1) is 8.41. The summed E-state index contributed by atoms with van der Waals surface area (Å²) in [7, 11) is 0. The van der Waals surface area contributed by atoms with Gasteiger partial charge in [0, 0.05) is 9.35 Å². The third-order valence-electron chi connectivity index (χ3n) is 2.81. The number of rotatable bonds is 2. The van der Waals surface area contributed by atoms with E-state index in [9.17, 15) is 4.79 Å². The number of thiophene rings is 1. The molecule has 94 valence electrons. The summed E-state index contributed by atoms with van der Waals surface area (Å²) in [5.74, 6) is -0.972. The average molecular weight is 326 g/mol. The van der Waals surface area contributed by atoms with Gasteiger partial charge in [-0.25, -0.2) is 4.79 Å². The quantitative estimate of drug-likeness (QED) is 0.874. The normalized spacial score (nSPS) is 10.6. The zero-order valence-electron chi connectivity index (χ0n) is 9.95. The highest BCUT2D eigenvalue weighted by molar-refractivity contribution is 9.10. The minimum Gasteiger partial charge on any atom is -0.477 e. The number of hydrogen-bond acceptors (Lipinski definition) is 3. The van der Waals surface area contributed by atoms with Gasteiger partial charge < -0.3 is 10.8 Å². The van der Waals surface area contributed by atoms with Gasteiger partial charge in [-0.1, -0.05) is 22.0 Å². The summed E-state index contributed by atoms with van der Waals surface area (Å²) in [6, 6.07) is 5.94. The monoisotopic (exact) mass is 325 g/mol. The molecule has 0 atom stereocenters. The first-order valence-corrected chi connectivity index (χ1v) is 6.91. The topological polar surface area (TPSA) is 63.3 Å². The Morgan fingerprint density at radius 1 is 1.39 bits per heavy atom. The van der Waals surface area contributed by atoms with Crippen LogP contribution in [0, 0.1) is 13.8 Å². The molecule has 5 heteroatoms. The zero-order chi connectivity index (χ0) is 13.4. The van der Waals surface area contributed by atoms with Crippen LogP contribution in [0.1, 0.15) is 20.8 Å². The molecule has 2 rings (SSSR count). The average Bonchev–Trinajstić information content (AvgIpc) is 2.60. The number of anilines is 1. The van der Waals surface area contributed by atoms with Crippen molar-refractivity contribution in [2.75, 3.05) is 5.73 Å². The van der Waals surface area contributed by atoms with Gasteiger partial charge >= 0.3 is 5.97 Å². The lowest BCUT2D eigenvalue weighted by Crippen LogP contribution is -1.97. The van der Waals surface area contributed by atoms with Crippen LogP contribution < -0.4 is 5.73 Å². The first-order valence-electron chi connectivity index (χ1n) is 5.30. The minimum atomic E-state index is -0.972. The summed E-state index contributed by atoms with van der Waals surface area (Å²) in [5, 5.41) is 9.07. The summed E-state index contributed by atoms with van der Waals surface area (Å²) < 4.78 is 1.03. The number of aryl methyl sites for hydroxylation is 1. The van der Waals surface area contributed by atoms with Crippen LogP contribution in [-0.4, -0.2) is 11.1 Å². The molecule has 1 heterocycles. The van der Waals surface area contributed by atoms with Crippen molar-refractivity contribution in [1.29, 1.82) is 0 Å². The van der Waals surface area contributed by atoms with Crippen LogP contribution >= 0.6 is 27.3 Å². The fourth-order valence-corrected chi connectivity index (χ4v) is 3.06.